The molecule has 0 aliphatic carbocycles. The number of amides is 1. The van der Waals surface area contributed by atoms with Gasteiger partial charge in [0.25, 0.3) is 5.91 Å². The van der Waals surface area contributed by atoms with Gasteiger partial charge in [-0.1, -0.05) is 17.7 Å². The molecule has 2 aromatic rings. The number of nitrogens with zero attached hydrogens (tertiary/aromatic N) is 1. The Hall–Kier alpha value is -2.50. The van der Waals surface area contributed by atoms with Crippen LogP contribution in [0.1, 0.15) is 16.7 Å². The van der Waals surface area contributed by atoms with E-state index in [2.05, 4.69) is 0 Å². The SMILES string of the molecule is O=C(C1=Cc2cc(Cl)ccc2OC1)N1CCOc2ccc(CO)cc2C1. The quantitative estimate of drug-likeness (QED) is 0.881. The van der Waals surface area contributed by atoms with Crippen molar-refractivity contribution in [3.63, 3.8) is 0 Å². The molecule has 0 radical (unpaired) electrons. The first kappa shape index (κ1) is 16.9. The molecular formula is C20H18ClNO4. The van der Waals surface area contributed by atoms with E-state index in [1.165, 1.54) is 0 Å². The molecule has 1 amide bonds. The molecule has 6 heteroatoms. The lowest BCUT2D eigenvalue weighted by Crippen LogP contribution is -2.35. The minimum atomic E-state index is -0.0820. The summed E-state index contributed by atoms with van der Waals surface area (Å²) in [5, 5.41) is 9.95. The van der Waals surface area contributed by atoms with Crippen molar-refractivity contribution in [2.24, 2.45) is 0 Å². The van der Waals surface area contributed by atoms with Gasteiger partial charge in [-0.25, -0.2) is 0 Å². The van der Waals surface area contributed by atoms with Gasteiger partial charge in [-0.2, -0.15) is 0 Å². The van der Waals surface area contributed by atoms with Gasteiger partial charge in [0.1, 0.15) is 24.7 Å². The highest BCUT2D eigenvalue weighted by Crippen LogP contribution is 2.30. The van der Waals surface area contributed by atoms with E-state index in [1.54, 1.807) is 17.0 Å². The van der Waals surface area contributed by atoms with Gasteiger partial charge in [0.2, 0.25) is 0 Å². The fraction of sp³-hybridized carbons (Fsp3) is 0.250. The first-order valence-electron chi connectivity index (χ1n) is 8.42. The molecule has 0 bridgehead atoms. The standard InChI is InChI=1S/C20H18ClNO4/c21-17-2-4-18-14(9-17)8-16(12-26-18)20(24)22-5-6-25-19-3-1-13(11-23)7-15(19)10-22/h1-4,7-9,23H,5-6,10-12H2. The summed E-state index contributed by atoms with van der Waals surface area (Å²) in [7, 11) is 0. The van der Waals surface area contributed by atoms with Gasteiger partial charge in [0.15, 0.2) is 0 Å². The maximum atomic E-state index is 13.0. The molecule has 0 unspecified atom stereocenters. The van der Waals surface area contributed by atoms with Gasteiger partial charge in [0.05, 0.1) is 18.7 Å². The number of hydrogen-bond donors (Lipinski definition) is 1. The number of aliphatic hydroxyl groups excluding tert-OH is 1. The number of carbonyl (C=O) groups excluding carboxylic acids is 1. The second kappa shape index (κ2) is 7.02. The minimum absolute atomic E-state index is 0.0439. The molecule has 0 atom stereocenters. The number of fused-ring (bicyclic) bond motifs is 2. The van der Waals surface area contributed by atoms with Gasteiger partial charge < -0.3 is 19.5 Å². The van der Waals surface area contributed by atoms with Crippen molar-refractivity contribution in [3.8, 4) is 11.5 Å². The molecule has 2 aliphatic rings. The summed E-state index contributed by atoms with van der Waals surface area (Å²) in [4.78, 5) is 14.8. The zero-order chi connectivity index (χ0) is 18.1. The molecule has 4 rings (SSSR count). The minimum Gasteiger partial charge on any atom is -0.491 e. The highest BCUT2D eigenvalue weighted by atomic mass is 35.5. The number of ether oxygens (including phenoxy) is 2. The van der Waals surface area contributed by atoms with Crippen LogP contribution in [0.5, 0.6) is 11.5 Å². The van der Waals surface area contributed by atoms with Crippen LogP contribution in [0, 0.1) is 0 Å². The Morgan fingerprint density at radius 3 is 2.85 bits per heavy atom. The summed E-state index contributed by atoms with van der Waals surface area (Å²) in [6.45, 7) is 1.53. The second-order valence-corrected chi connectivity index (χ2v) is 6.75. The van der Waals surface area contributed by atoms with Crippen LogP contribution in [0.4, 0.5) is 0 Å². The maximum absolute atomic E-state index is 13.0. The molecule has 5 nitrogen and oxygen atoms in total. The largest absolute Gasteiger partial charge is 0.491 e. The van der Waals surface area contributed by atoms with E-state index in [1.807, 2.05) is 30.3 Å². The molecule has 0 aromatic heterocycles. The van der Waals surface area contributed by atoms with Crippen molar-refractivity contribution in [2.75, 3.05) is 19.8 Å². The normalized spacial score (nSPS) is 15.8. The van der Waals surface area contributed by atoms with Gasteiger partial charge in [-0.05, 0) is 42.0 Å². The number of halogens is 1. The fourth-order valence-corrected chi connectivity index (χ4v) is 3.37. The Balaban J connectivity index is 1.60. The number of rotatable bonds is 2. The molecule has 1 N–H and O–H groups in total. The average Bonchev–Trinajstić information content (AvgIpc) is 2.88. The number of carbonyl (C=O) groups is 1. The van der Waals surface area contributed by atoms with Crippen molar-refractivity contribution < 1.29 is 19.4 Å². The van der Waals surface area contributed by atoms with Gasteiger partial charge in [-0.15, -0.1) is 0 Å². The highest BCUT2D eigenvalue weighted by molar-refractivity contribution is 6.30. The van der Waals surface area contributed by atoms with Crippen LogP contribution in [0.15, 0.2) is 42.0 Å². The number of aliphatic hydroxyl groups is 1. The fourth-order valence-electron chi connectivity index (χ4n) is 3.19. The zero-order valence-corrected chi connectivity index (χ0v) is 14.8. The molecule has 2 aliphatic heterocycles. The summed E-state index contributed by atoms with van der Waals surface area (Å²) >= 11 is 6.04. The Bertz CT molecular complexity index is 893. The lowest BCUT2D eigenvalue weighted by Gasteiger charge is -2.24. The van der Waals surface area contributed by atoms with Crippen molar-refractivity contribution in [1.82, 2.24) is 4.90 Å². The van der Waals surface area contributed by atoms with E-state index >= 15 is 0 Å². The lowest BCUT2D eigenvalue weighted by molar-refractivity contribution is -0.128. The number of hydrogen-bond acceptors (Lipinski definition) is 4. The van der Waals surface area contributed by atoms with Crippen molar-refractivity contribution >= 4 is 23.6 Å². The molecule has 0 spiro atoms. The smallest absolute Gasteiger partial charge is 0.253 e. The van der Waals surface area contributed by atoms with E-state index in [0.29, 0.717) is 30.3 Å². The molecule has 2 aromatic carbocycles. The average molecular weight is 372 g/mol. The van der Waals surface area contributed by atoms with E-state index in [9.17, 15) is 9.90 Å². The Kier molecular flexibility index (Phi) is 4.57. The van der Waals surface area contributed by atoms with Crippen molar-refractivity contribution in [2.45, 2.75) is 13.2 Å². The van der Waals surface area contributed by atoms with Crippen LogP contribution in [0.3, 0.4) is 0 Å². The van der Waals surface area contributed by atoms with Crippen molar-refractivity contribution in [1.29, 1.82) is 0 Å². The summed E-state index contributed by atoms with van der Waals surface area (Å²) in [5.41, 5.74) is 3.08. The predicted octanol–water partition coefficient (Wildman–Crippen LogP) is 3.03. The van der Waals surface area contributed by atoms with E-state index in [0.717, 1.165) is 28.2 Å². The Labute approximate surface area is 156 Å². The summed E-state index contributed by atoms with van der Waals surface area (Å²) in [5.74, 6) is 1.40. The van der Waals surface area contributed by atoms with Crippen molar-refractivity contribution in [3.05, 3.63) is 63.7 Å². The lowest BCUT2D eigenvalue weighted by atomic mass is 10.1. The third kappa shape index (κ3) is 3.28. The summed E-state index contributed by atoms with van der Waals surface area (Å²) in [6.07, 6.45) is 1.84. The van der Waals surface area contributed by atoms with E-state index in [-0.39, 0.29) is 19.1 Å². The van der Waals surface area contributed by atoms with Gasteiger partial charge in [-0.3, -0.25) is 4.79 Å². The topological polar surface area (TPSA) is 59.0 Å². The summed E-state index contributed by atoms with van der Waals surface area (Å²) < 4.78 is 11.4. The highest BCUT2D eigenvalue weighted by Gasteiger charge is 2.25. The predicted molar refractivity (Wildman–Crippen MR) is 98.2 cm³/mol. The second-order valence-electron chi connectivity index (χ2n) is 6.32. The van der Waals surface area contributed by atoms with E-state index in [4.69, 9.17) is 21.1 Å². The molecule has 26 heavy (non-hydrogen) atoms. The van der Waals surface area contributed by atoms with Gasteiger partial charge in [0, 0.05) is 22.7 Å². The first-order valence-corrected chi connectivity index (χ1v) is 8.79. The van der Waals surface area contributed by atoms with Crippen LogP contribution in [-0.4, -0.2) is 35.7 Å². The molecule has 0 saturated heterocycles. The Morgan fingerprint density at radius 2 is 2.00 bits per heavy atom. The maximum Gasteiger partial charge on any atom is 0.253 e. The van der Waals surface area contributed by atoms with Crippen LogP contribution in [-0.2, 0) is 17.9 Å². The van der Waals surface area contributed by atoms with Crippen LogP contribution in [0.2, 0.25) is 5.02 Å². The molecule has 134 valence electrons. The molecule has 0 saturated carbocycles. The number of benzene rings is 2. The third-order valence-electron chi connectivity index (χ3n) is 4.53. The summed E-state index contributed by atoms with van der Waals surface area (Å²) in [6, 6.07) is 10.9. The van der Waals surface area contributed by atoms with E-state index < -0.39 is 0 Å². The van der Waals surface area contributed by atoms with Crippen LogP contribution < -0.4 is 9.47 Å². The molecular weight excluding hydrogens is 354 g/mol. The first-order chi connectivity index (χ1) is 12.6. The zero-order valence-electron chi connectivity index (χ0n) is 14.1. The third-order valence-corrected chi connectivity index (χ3v) is 4.77. The monoisotopic (exact) mass is 371 g/mol. The van der Waals surface area contributed by atoms with Crippen LogP contribution in [0.25, 0.3) is 6.08 Å². The molecule has 2 heterocycles. The van der Waals surface area contributed by atoms with Gasteiger partial charge >= 0.3 is 0 Å². The molecule has 0 fully saturated rings. The van der Waals surface area contributed by atoms with Crippen LogP contribution >= 0.6 is 11.6 Å². The Morgan fingerprint density at radius 1 is 1.15 bits per heavy atom.